The molecule has 0 bridgehead atoms. The van der Waals surface area contributed by atoms with Gasteiger partial charge in [0.1, 0.15) is 0 Å². The van der Waals surface area contributed by atoms with Crippen LogP contribution in [0.4, 0.5) is 0 Å². The molecule has 0 aromatic heterocycles. The third kappa shape index (κ3) is 2.18. The predicted octanol–water partition coefficient (Wildman–Crippen LogP) is 2.26. The fourth-order valence-electron chi connectivity index (χ4n) is 2.42. The van der Waals surface area contributed by atoms with Crippen molar-refractivity contribution in [2.75, 3.05) is 6.61 Å². The van der Waals surface area contributed by atoms with Crippen molar-refractivity contribution in [3.05, 3.63) is 11.1 Å². The van der Waals surface area contributed by atoms with Crippen LogP contribution < -0.4 is 0 Å². The molecule has 2 nitrogen and oxygen atoms in total. The van der Waals surface area contributed by atoms with Crippen LogP contribution in [0.25, 0.3) is 0 Å². The molecule has 2 heteroatoms. The summed E-state index contributed by atoms with van der Waals surface area (Å²) in [6, 6.07) is 0. The minimum atomic E-state index is -0.415. The van der Waals surface area contributed by atoms with E-state index in [2.05, 4.69) is 20.8 Å². The first kappa shape index (κ1) is 11.7. The van der Waals surface area contributed by atoms with Crippen LogP contribution in [0.15, 0.2) is 11.1 Å². The van der Waals surface area contributed by atoms with E-state index in [1.165, 1.54) is 5.57 Å². The third-order valence-corrected chi connectivity index (χ3v) is 3.26. The number of unbranched alkanes of at least 4 members (excludes halogenated alkanes) is 1. The number of aliphatic hydroxyl groups is 2. The normalized spacial score (nSPS) is 25.9. The number of aliphatic hydroxyl groups excluding tert-OH is 2. The fraction of sp³-hybridized carbons (Fsp3) is 0.833. The molecule has 0 radical (unpaired) electrons. The Kier molecular flexibility index (Phi) is 3.73. The summed E-state index contributed by atoms with van der Waals surface area (Å²) in [5.74, 6) is 0. The highest BCUT2D eigenvalue weighted by molar-refractivity contribution is 5.31. The lowest BCUT2D eigenvalue weighted by Gasteiger charge is -2.22. The van der Waals surface area contributed by atoms with E-state index in [-0.39, 0.29) is 12.0 Å². The Morgan fingerprint density at radius 3 is 2.57 bits per heavy atom. The van der Waals surface area contributed by atoms with E-state index in [0.29, 0.717) is 0 Å². The van der Waals surface area contributed by atoms with Crippen molar-refractivity contribution < 1.29 is 10.2 Å². The van der Waals surface area contributed by atoms with E-state index in [4.69, 9.17) is 0 Å². The molecule has 0 unspecified atom stereocenters. The maximum atomic E-state index is 9.78. The molecular formula is C12H22O2. The van der Waals surface area contributed by atoms with Gasteiger partial charge >= 0.3 is 0 Å². The Balaban J connectivity index is 2.84. The minimum Gasteiger partial charge on any atom is -0.392 e. The van der Waals surface area contributed by atoms with E-state index in [1.807, 2.05) is 0 Å². The molecule has 0 heterocycles. The van der Waals surface area contributed by atoms with Crippen LogP contribution in [0.3, 0.4) is 0 Å². The minimum absolute atomic E-state index is 0.0175. The van der Waals surface area contributed by atoms with Crippen molar-refractivity contribution in [1.82, 2.24) is 0 Å². The quantitative estimate of drug-likeness (QED) is 0.680. The molecule has 82 valence electrons. The van der Waals surface area contributed by atoms with Gasteiger partial charge in [0.2, 0.25) is 0 Å². The standard InChI is InChI=1S/C12H22O2/c1-4-5-6-10-9(8-13)11(14)7-12(10,2)3/h11,13-14H,4-8H2,1-3H3/t11-/m0/s1. The van der Waals surface area contributed by atoms with Crippen molar-refractivity contribution in [2.45, 2.75) is 52.6 Å². The molecular weight excluding hydrogens is 176 g/mol. The largest absolute Gasteiger partial charge is 0.392 e. The molecule has 14 heavy (non-hydrogen) atoms. The molecule has 0 spiro atoms. The number of rotatable bonds is 4. The molecule has 0 fully saturated rings. The van der Waals surface area contributed by atoms with Crippen LogP contribution in [-0.4, -0.2) is 22.9 Å². The summed E-state index contributed by atoms with van der Waals surface area (Å²) in [7, 11) is 0. The second-order valence-electron chi connectivity index (χ2n) is 4.87. The number of hydrogen-bond acceptors (Lipinski definition) is 2. The monoisotopic (exact) mass is 198 g/mol. The van der Waals surface area contributed by atoms with Crippen LogP contribution in [0.2, 0.25) is 0 Å². The van der Waals surface area contributed by atoms with Gasteiger partial charge in [-0.2, -0.15) is 0 Å². The first-order valence-electron chi connectivity index (χ1n) is 5.54. The van der Waals surface area contributed by atoms with Gasteiger partial charge in [0.15, 0.2) is 0 Å². The summed E-state index contributed by atoms with van der Waals surface area (Å²) in [6.45, 7) is 6.49. The van der Waals surface area contributed by atoms with E-state index < -0.39 is 6.10 Å². The van der Waals surface area contributed by atoms with Gasteiger partial charge < -0.3 is 10.2 Å². The van der Waals surface area contributed by atoms with Crippen LogP contribution >= 0.6 is 0 Å². The van der Waals surface area contributed by atoms with E-state index in [9.17, 15) is 10.2 Å². The van der Waals surface area contributed by atoms with Crippen LogP contribution in [-0.2, 0) is 0 Å². The highest BCUT2D eigenvalue weighted by atomic mass is 16.3. The highest BCUT2D eigenvalue weighted by Crippen LogP contribution is 2.44. The molecule has 0 aromatic rings. The van der Waals surface area contributed by atoms with Crippen molar-refractivity contribution in [2.24, 2.45) is 5.41 Å². The molecule has 0 aromatic carbocycles. The zero-order chi connectivity index (χ0) is 10.8. The van der Waals surface area contributed by atoms with Crippen LogP contribution in [0, 0.1) is 5.41 Å². The summed E-state index contributed by atoms with van der Waals surface area (Å²) >= 11 is 0. The Bertz CT molecular complexity index is 228. The number of hydrogen-bond donors (Lipinski definition) is 2. The molecule has 0 saturated carbocycles. The van der Waals surface area contributed by atoms with Gasteiger partial charge in [-0.25, -0.2) is 0 Å². The first-order chi connectivity index (χ1) is 6.53. The summed E-state index contributed by atoms with van der Waals surface area (Å²) < 4.78 is 0. The summed E-state index contributed by atoms with van der Waals surface area (Å²) in [4.78, 5) is 0. The van der Waals surface area contributed by atoms with Crippen LogP contribution in [0.1, 0.15) is 46.5 Å². The van der Waals surface area contributed by atoms with Crippen molar-refractivity contribution in [1.29, 1.82) is 0 Å². The Hall–Kier alpha value is -0.340. The first-order valence-corrected chi connectivity index (χ1v) is 5.54. The average Bonchev–Trinajstić information content (AvgIpc) is 2.31. The molecule has 1 rings (SSSR count). The van der Waals surface area contributed by atoms with Gasteiger partial charge in [-0.1, -0.05) is 32.8 Å². The lowest BCUT2D eigenvalue weighted by atomic mass is 9.82. The highest BCUT2D eigenvalue weighted by Gasteiger charge is 2.36. The molecule has 0 saturated heterocycles. The maximum Gasteiger partial charge on any atom is 0.0783 e. The molecule has 1 atom stereocenters. The summed E-state index contributed by atoms with van der Waals surface area (Å²) in [5, 5.41) is 19.0. The van der Waals surface area contributed by atoms with Crippen LogP contribution in [0.5, 0.6) is 0 Å². The lowest BCUT2D eigenvalue weighted by molar-refractivity contribution is 0.168. The average molecular weight is 198 g/mol. The van der Waals surface area contributed by atoms with Crippen molar-refractivity contribution in [3.63, 3.8) is 0 Å². The molecule has 2 N–H and O–H groups in total. The maximum absolute atomic E-state index is 9.78. The second kappa shape index (κ2) is 4.45. The van der Waals surface area contributed by atoms with Gasteiger partial charge in [0.05, 0.1) is 12.7 Å². The zero-order valence-corrected chi connectivity index (χ0v) is 9.51. The fourth-order valence-corrected chi connectivity index (χ4v) is 2.42. The smallest absolute Gasteiger partial charge is 0.0783 e. The SMILES string of the molecule is CCCCC1=C(CO)[C@@H](O)CC1(C)C. The third-order valence-electron chi connectivity index (χ3n) is 3.26. The lowest BCUT2D eigenvalue weighted by Crippen LogP contribution is -2.13. The van der Waals surface area contributed by atoms with Crippen molar-refractivity contribution in [3.8, 4) is 0 Å². The predicted molar refractivity (Wildman–Crippen MR) is 58.0 cm³/mol. The van der Waals surface area contributed by atoms with Crippen molar-refractivity contribution >= 4 is 0 Å². The topological polar surface area (TPSA) is 40.5 Å². The van der Waals surface area contributed by atoms with Gasteiger partial charge in [-0.15, -0.1) is 0 Å². The Morgan fingerprint density at radius 2 is 2.07 bits per heavy atom. The Morgan fingerprint density at radius 1 is 1.43 bits per heavy atom. The van der Waals surface area contributed by atoms with E-state index in [0.717, 1.165) is 31.3 Å². The zero-order valence-electron chi connectivity index (χ0n) is 9.51. The van der Waals surface area contributed by atoms with E-state index >= 15 is 0 Å². The van der Waals surface area contributed by atoms with Gasteiger partial charge in [0, 0.05) is 0 Å². The molecule has 0 aliphatic heterocycles. The Labute approximate surface area is 86.6 Å². The molecule has 1 aliphatic rings. The van der Waals surface area contributed by atoms with Gasteiger partial charge in [-0.3, -0.25) is 0 Å². The van der Waals surface area contributed by atoms with E-state index in [1.54, 1.807) is 0 Å². The number of allylic oxidation sites excluding steroid dienone is 1. The summed E-state index contributed by atoms with van der Waals surface area (Å²) in [6.07, 6.45) is 3.68. The van der Waals surface area contributed by atoms with Gasteiger partial charge in [0.25, 0.3) is 0 Å². The summed E-state index contributed by atoms with van der Waals surface area (Å²) in [5.41, 5.74) is 2.24. The molecule has 0 amide bonds. The van der Waals surface area contributed by atoms with Gasteiger partial charge in [-0.05, 0) is 30.3 Å². The second-order valence-corrected chi connectivity index (χ2v) is 4.87. The molecule has 1 aliphatic carbocycles.